The van der Waals surface area contributed by atoms with Gasteiger partial charge in [-0.3, -0.25) is 0 Å². The third-order valence-corrected chi connectivity index (χ3v) is 3.87. The third-order valence-electron chi connectivity index (χ3n) is 3.87. The molecule has 0 spiro atoms. The van der Waals surface area contributed by atoms with Crippen LogP contribution in [0.25, 0.3) is 0 Å². The van der Waals surface area contributed by atoms with Gasteiger partial charge in [-0.25, -0.2) is 0 Å². The summed E-state index contributed by atoms with van der Waals surface area (Å²) >= 11 is 0. The molecule has 0 saturated heterocycles. The summed E-state index contributed by atoms with van der Waals surface area (Å²) in [6.07, 6.45) is 4.47. The molecule has 0 heterocycles. The predicted molar refractivity (Wildman–Crippen MR) is 62.7 cm³/mol. The van der Waals surface area contributed by atoms with Crippen LogP contribution in [-0.2, 0) is 5.60 Å². The number of aryl methyl sites for hydroxylation is 1. The van der Waals surface area contributed by atoms with E-state index in [2.05, 4.69) is 26.0 Å². The van der Waals surface area contributed by atoms with Crippen molar-refractivity contribution < 1.29 is 5.11 Å². The van der Waals surface area contributed by atoms with E-state index in [1.165, 1.54) is 12.0 Å². The van der Waals surface area contributed by atoms with E-state index in [9.17, 15) is 5.11 Å². The smallest absolute Gasteiger partial charge is 0.0924 e. The number of aliphatic hydroxyl groups is 1. The first-order valence-electron chi connectivity index (χ1n) is 5.93. The summed E-state index contributed by atoms with van der Waals surface area (Å²) in [6, 6.07) is 8.24. The molecule has 0 aliphatic heterocycles. The Balaban J connectivity index is 2.39. The number of benzene rings is 1. The van der Waals surface area contributed by atoms with E-state index in [0.717, 1.165) is 24.8 Å². The molecule has 2 rings (SSSR count). The molecule has 1 heteroatoms. The summed E-state index contributed by atoms with van der Waals surface area (Å²) in [5, 5.41) is 10.8. The van der Waals surface area contributed by atoms with Gasteiger partial charge in [0, 0.05) is 0 Å². The average Bonchev–Trinajstić information content (AvgIpc) is 2.23. The minimum Gasteiger partial charge on any atom is -0.385 e. The van der Waals surface area contributed by atoms with Gasteiger partial charge in [-0.15, -0.1) is 0 Å². The molecule has 1 aliphatic rings. The van der Waals surface area contributed by atoms with Gasteiger partial charge in [0.05, 0.1) is 5.60 Å². The van der Waals surface area contributed by atoms with E-state index in [1.54, 1.807) is 0 Å². The Kier molecular flexibility index (Phi) is 2.83. The van der Waals surface area contributed by atoms with E-state index >= 15 is 0 Å². The minimum atomic E-state index is -0.580. The lowest BCUT2D eigenvalue weighted by Gasteiger charge is -2.39. The Morgan fingerprint density at radius 2 is 2.00 bits per heavy atom. The second-order valence-corrected chi connectivity index (χ2v) is 4.89. The van der Waals surface area contributed by atoms with Crippen molar-refractivity contribution in [1.82, 2.24) is 0 Å². The predicted octanol–water partition coefficient (Wildman–Crippen LogP) is 3.39. The van der Waals surface area contributed by atoms with Gasteiger partial charge in [0.15, 0.2) is 0 Å². The van der Waals surface area contributed by atoms with Crippen molar-refractivity contribution in [2.24, 2.45) is 5.92 Å². The molecule has 0 aromatic heterocycles. The first-order chi connectivity index (χ1) is 7.14. The zero-order valence-corrected chi connectivity index (χ0v) is 9.66. The molecular formula is C14H20O. The van der Waals surface area contributed by atoms with E-state index < -0.39 is 5.60 Å². The van der Waals surface area contributed by atoms with Gasteiger partial charge < -0.3 is 5.11 Å². The molecule has 2 atom stereocenters. The van der Waals surface area contributed by atoms with Crippen LogP contribution in [0.5, 0.6) is 0 Å². The molecule has 1 nitrogen and oxygen atoms in total. The van der Waals surface area contributed by atoms with Crippen LogP contribution in [-0.4, -0.2) is 5.11 Å². The van der Waals surface area contributed by atoms with E-state index in [1.807, 2.05) is 12.1 Å². The SMILES string of the molecule is Cc1ccccc1[C@@]1(O)CCCC[C@@H]1C. The van der Waals surface area contributed by atoms with Gasteiger partial charge in [-0.2, -0.15) is 0 Å². The first kappa shape index (κ1) is 10.7. The number of hydrogen-bond acceptors (Lipinski definition) is 1. The van der Waals surface area contributed by atoms with Crippen molar-refractivity contribution in [1.29, 1.82) is 0 Å². The number of rotatable bonds is 1. The molecule has 1 aromatic rings. The van der Waals surface area contributed by atoms with E-state index in [0.29, 0.717) is 5.92 Å². The van der Waals surface area contributed by atoms with Gasteiger partial charge in [0.25, 0.3) is 0 Å². The fourth-order valence-corrected chi connectivity index (χ4v) is 2.79. The summed E-state index contributed by atoms with van der Waals surface area (Å²) < 4.78 is 0. The molecule has 1 fully saturated rings. The van der Waals surface area contributed by atoms with E-state index in [4.69, 9.17) is 0 Å². The van der Waals surface area contributed by atoms with Crippen LogP contribution in [0.2, 0.25) is 0 Å². The molecule has 1 N–H and O–H groups in total. The Hall–Kier alpha value is -0.820. The molecule has 1 saturated carbocycles. The molecule has 15 heavy (non-hydrogen) atoms. The molecular weight excluding hydrogens is 184 g/mol. The monoisotopic (exact) mass is 204 g/mol. The van der Waals surface area contributed by atoms with Gasteiger partial charge in [0.2, 0.25) is 0 Å². The van der Waals surface area contributed by atoms with Crippen molar-refractivity contribution in [2.75, 3.05) is 0 Å². The van der Waals surface area contributed by atoms with Crippen LogP contribution in [0.1, 0.15) is 43.7 Å². The van der Waals surface area contributed by atoms with Crippen molar-refractivity contribution in [3.8, 4) is 0 Å². The van der Waals surface area contributed by atoms with Gasteiger partial charge in [0.1, 0.15) is 0 Å². The Morgan fingerprint density at radius 3 is 2.67 bits per heavy atom. The molecule has 0 unspecified atom stereocenters. The molecule has 0 radical (unpaired) electrons. The highest BCUT2D eigenvalue weighted by Crippen LogP contribution is 2.42. The maximum atomic E-state index is 10.8. The van der Waals surface area contributed by atoms with Crippen LogP contribution in [0, 0.1) is 12.8 Å². The molecule has 82 valence electrons. The Bertz CT molecular complexity index is 345. The van der Waals surface area contributed by atoms with Crippen molar-refractivity contribution in [2.45, 2.75) is 45.1 Å². The largest absolute Gasteiger partial charge is 0.385 e. The lowest BCUT2D eigenvalue weighted by molar-refractivity contribution is -0.0474. The Morgan fingerprint density at radius 1 is 1.27 bits per heavy atom. The lowest BCUT2D eigenvalue weighted by Crippen LogP contribution is -2.36. The maximum absolute atomic E-state index is 10.8. The molecule has 0 bridgehead atoms. The zero-order chi connectivity index (χ0) is 10.9. The van der Waals surface area contributed by atoms with E-state index in [-0.39, 0.29) is 0 Å². The number of hydrogen-bond donors (Lipinski definition) is 1. The summed E-state index contributed by atoms with van der Waals surface area (Å²) in [6.45, 7) is 4.26. The lowest BCUT2D eigenvalue weighted by atomic mass is 9.71. The van der Waals surface area contributed by atoms with Crippen LogP contribution in [0.15, 0.2) is 24.3 Å². The third kappa shape index (κ3) is 1.81. The first-order valence-corrected chi connectivity index (χ1v) is 5.93. The average molecular weight is 204 g/mol. The summed E-state index contributed by atoms with van der Waals surface area (Å²) in [7, 11) is 0. The highest BCUT2D eigenvalue weighted by atomic mass is 16.3. The van der Waals surface area contributed by atoms with Crippen LogP contribution >= 0.6 is 0 Å². The molecule has 1 aromatic carbocycles. The van der Waals surface area contributed by atoms with Crippen LogP contribution < -0.4 is 0 Å². The Labute approximate surface area is 92.1 Å². The van der Waals surface area contributed by atoms with Gasteiger partial charge in [-0.05, 0) is 36.8 Å². The van der Waals surface area contributed by atoms with Crippen molar-refractivity contribution in [3.05, 3.63) is 35.4 Å². The van der Waals surface area contributed by atoms with Crippen molar-refractivity contribution >= 4 is 0 Å². The van der Waals surface area contributed by atoms with Gasteiger partial charge >= 0.3 is 0 Å². The second kappa shape index (κ2) is 3.97. The topological polar surface area (TPSA) is 20.2 Å². The van der Waals surface area contributed by atoms with Crippen LogP contribution in [0.3, 0.4) is 0 Å². The molecule has 1 aliphatic carbocycles. The highest BCUT2D eigenvalue weighted by molar-refractivity contribution is 5.32. The molecule has 0 amide bonds. The minimum absolute atomic E-state index is 0.382. The zero-order valence-electron chi connectivity index (χ0n) is 9.66. The fourth-order valence-electron chi connectivity index (χ4n) is 2.79. The summed E-state index contributed by atoms with van der Waals surface area (Å²) in [4.78, 5) is 0. The standard InChI is InChI=1S/C14H20O/c1-11-7-3-4-9-13(11)14(15)10-6-5-8-12(14)2/h3-4,7,9,12,15H,5-6,8,10H2,1-2H3/t12-,14+/m0/s1. The fraction of sp³-hybridized carbons (Fsp3) is 0.571. The van der Waals surface area contributed by atoms with Crippen LogP contribution in [0.4, 0.5) is 0 Å². The van der Waals surface area contributed by atoms with Gasteiger partial charge in [-0.1, -0.05) is 44.0 Å². The maximum Gasteiger partial charge on any atom is 0.0924 e. The van der Waals surface area contributed by atoms with Crippen molar-refractivity contribution in [3.63, 3.8) is 0 Å². The quantitative estimate of drug-likeness (QED) is 0.743. The summed E-state index contributed by atoms with van der Waals surface area (Å²) in [5.41, 5.74) is 1.77. The highest BCUT2D eigenvalue weighted by Gasteiger charge is 2.38. The second-order valence-electron chi connectivity index (χ2n) is 4.89. The summed E-state index contributed by atoms with van der Waals surface area (Å²) in [5.74, 6) is 0.382. The normalized spacial score (nSPS) is 31.5.